The maximum Gasteiger partial charge on any atom is 0.222 e. The molecule has 0 aliphatic carbocycles. The van der Waals surface area contributed by atoms with Gasteiger partial charge in [0, 0.05) is 39.1 Å². The van der Waals surface area contributed by atoms with Crippen LogP contribution in [0.3, 0.4) is 0 Å². The molecule has 0 radical (unpaired) electrons. The zero-order valence-corrected chi connectivity index (χ0v) is 20.1. The third kappa shape index (κ3) is 7.19. The van der Waals surface area contributed by atoms with Crippen molar-refractivity contribution in [1.29, 1.82) is 0 Å². The fraction of sp³-hybridized carbons (Fsp3) is 0.519. The Morgan fingerprint density at radius 3 is 2.74 bits per heavy atom. The highest BCUT2D eigenvalue weighted by molar-refractivity contribution is 5.77. The molecule has 1 amide bonds. The maximum atomic E-state index is 11.7. The van der Waals surface area contributed by atoms with Crippen molar-refractivity contribution in [2.75, 3.05) is 52.6 Å². The van der Waals surface area contributed by atoms with E-state index in [-0.39, 0.29) is 19.1 Å². The van der Waals surface area contributed by atoms with Gasteiger partial charge in [-0.05, 0) is 49.6 Å². The molecule has 1 unspecified atom stereocenters. The van der Waals surface area contributed by atoms with Crippen LogP contribution < -0.4 is 9.47 Å². The van der Waals surface area contributed by atoms with Gasteiger partial charge in [-0.25, -0.2) is 0 Å². The first-order chi connectivity index (χ1) is 16.5. The van der Waals surface area contributed by atoms with Crippen LogP contribution in [0.2, 0.25) is 0 Å². The standard InChI is InChI=1S/C27H36N2O5/c1-22-8-10-24(11-9-22)34-21-27(31)19-28(14-16-32-20-27)18-23-5-2-6-25(17-23)33-15-4-13-29-12-3-7-26(29)30/h2,5-6,8-11,17,31H,3-4,7,12-16,18-21H2,1H3. The van der Waals surface area contributed by atoms with Gasteiger partial charge in [0.25, 0.3) is 0 Å². The Bertz CT molecular complexity index is 935. The molecule has 184 valence electrons. The van der Waals surface area contributed by atoms with Crippen LogP contribution in [0.15, 0.2) is 48.5 Å². The molecule has 2 heterocycles. The first kappa shape index (κ1) is 24.5. The van der Waals surface area contributed by atoms with Crippen molar-refractivity contribution in [3.05, 3.63) is 59.7 Å². The highest BCUT2D eigenvalue weighted by atomic mass is 16.5. The van der Waals surface area contributed by atoms with E-state index >= 15 is 0 Å². The summed E-state index contributed by atoms with van der Waals surface area (Å²) in [6, 6.07) is 15.9. The molecule has 2 aliphatic heterocycles. The lowest BCUT2D eigenvalue weighted by Crippen LogP contribution is -2.48. The molecule has 4 rings (SSSR count). The summed E-state index contributed by atoms with van der Waals surface area (Å²) < 4.78 is 17.5. The van der Waals surface area contributed by atoms with Crippen LogP contribution in [0.4, 0.5) is 0 Å². The molecule has 2 fully saturated rings. The molecule has 2 aromatic carbocycles. The maximum absolute atomic E-state index is 11.7. The van der Waals surface area contributed by atoms with Gasteiger partial charge < -0.3 is 24.2 Å². The first-order valence-electron chi connectivity index (χ1n) is 12.2. The largest absolute Gasteiger partial charge is 0.494 e. The summed E-state index contributed by atoms with van der Waals surface area (Å²) in [7, 11) is 0. The quantitative estimate of drug-likeness (QED) is 0.541. The van der Waals surface area contributed by atoms with E-state index in [4.69, 9.17) is 14.2 Å². The topological polar surface area (TPSA) is 71.5 Å². The number of rotatable bonds is 10. The number of amides is 1. The predicted octanol–water partition coefficient (Wildman–Crippen LogP) is 3.03. The van der Waals surface area contributed by atoms with Gasteiger partial charge in [0.15, 0.2) is 0 Å². The van der Waals surface area contributed by atoms with Crippen LogP contribution in [0.25, 0.3) is 0 Å². The molecular formula is C27H36N2O5. The molecule has 0 spiro atoms. The van der Waals surface area contributed by atoms with Gasteiger partial charge >= 0.3 is 0 Å². The third-order valence-electron chi connectivity index (χ3n) is 6.29. The fourth-order valence-corrected chi connectivity index (χ4v) is 4.45. The highest BCUT2D eigenvalue weighted by Crippen LogP contribution is 2.21. The second-order valence-corrected chi connectivity index (χ2v) is 9.42. The van der Waals surface area contributed by atoms with Crippen molar-refractivity contribution in [3.63, 3.8) is 0 Å². The SMILES string of the molecule is Cc1ccc(OCC2(O)COCCN(Cc3cccc(OCCCN4CCCC4=O)c3)C2)cc1. The number of ether oxygens (including phenoxy) is 3. The van der Waals surface area contributed by atoms with Crippen molar-refractivity contribution in [2.24, 2.45) is 0 Å². The number of likely N-dealkylation sites (tertiary alicyclic amines) is 1. The van der Waals surface area contributed by atoms with E-state index in [1.165, 1.54) is 5.56 Å². The summed E-state index contributed by atoms with van der Waals surface area (Å²) in [6.45, 7) is 7.13. The molecule has 0 bridgehead atoms. The van der Waals surface area contributed by atoms with E-state index in [1.807, 2.05) is 48.2 Å². The molecule has 7 heteroatoms. The lowest BCUT2D eigenvalue weighted by Gasteiger charge is -2.30. The minimum Gasteiger partial charge on any atom is -0.494 e. The number of aliphatic hydroxyl groups is 1. The van der Waals surface area contributed by atoms with E-state index in [0.717, 1.165) is 49.5 Å². The summed E-state index contributed by atoms with van der Waals surface area (Å²) in [5.74, 6) is 1.83. The van der Waals surface area contributed by atoms with E-state index in [1.54, 1.807) is 0 Å². The Labute approximate surface area is 202 Å². The van der Waals surface area contributed by atoms with Crippen LogP contribution in [-0.2, 0) is 16.1 Å². The second-order valence-electron chi connectivity index (χ2n) is 9.42. The van der Waals surface area contributed by atoms with Crippen molar-refractivity contribution in [2.45, 2.75) is 38.3 Å². The summed E-state index contributed by atoms with van der Waals surface area (Å²) in [4.78, 5) is 15.8. The molecule has 0 saturated carbocycles. The summed E-state index contributed by atoms with van der Waals surface area (Å²) >= 11 is 0. The minimum atomic E-state index is -1.08. The fourth-order valence-electron chi connectivity index (χ4n) is 4.45. The summed E-state index contributed by atoms with van der Waals surface area (Å²) in [5.41, 5.74) is 1.21. The number of nitrogens with zero attached hydrogens (tertiary/aromatic N) is 2. The van der Waals surface area contributed by atoms with Crippen LogP contribution in [0.5, 0.6) is 11.5 Å². The van der Waals surface area contributed by atoms with Crippen molar-refractivity contribution < 1.29 is 24.1 Å². The number of hydrogen-bond donors (Lipinski definition) is 1. The molecule has 1 atom stereocenters. The highest BCUT2D eigenvalue weighted by Gasteiger charge is 2.33. The van der Waals surface area contributed by atoms with Gasteiger partial charge in [-0.2, -0.15) is 0 Å². The summed E-state index contributed by atoms with van der Waals surface area (Å²) in [6.07, 6.45) is 2.47. The van der Waals surface area contributed by atoms with Crippen LogP contribution >= 0.6 is 0 Å². The number of hydrogen-bond acceptors (Lipinski definition) is 6. The predicted molar refractivity (Wildman–Crippen MR) is 130 cm³/mol. The van der Waals surface area contributed by atoms with Gasteiger partial charge in [-0.1, -0.05) is 29.8 Å². The van der Waals surface area contributed by atoms with E-state index in [9.17, 15) is 9.90 Å². The lowest BCUT2D eigenvalue weighted by molar-refractivity contribution is -0.127. The Hall–Kier alpha value is -2.61. The number of carbonyl (C=O) groups excluding carboxylic acids is 1. The third-order valence-corrected chi connectivity index (χ3v) is 6.29. The second kappa shape index (κ2) is 11.7. The molecular weight excluding hydrogens is 432 g/mol. The van der Waals surface area contributed by atoms with E-state index in [0.29, 0.717) is 32.7 Å². The van der Waals surface area contributed by atoms with Crippen molar-refractivity contribution in [1.82, 2.24) is 9.80 Å². The van der Waals surface area contributed by atoms with Crippen LogP contribution in [0, 0.1) is 6.92 Å². The van der Waals surface area contributed by atoms with Gasteiger partial charge in [0.2, 0.25) is 5.91 Å². The number of carbonyl (C=O) groups is 1. The van der Waals surface area contributed by atoms with Crippen LogP contribution in [-0.4, -0.2) is 79.0 Å². The Morgan fingerprint density at radius 1 is 1.09 bits per heavy atom. The van der Waals surface area contributed by atoms with Crippen molar-refractivity contribution >= 4 is 5.91 Å². The van der Waals surface area contributed by atoms with E-state index < -0.39 is 5.60 Å². The van der Waals surface area contributed by atoms with Gasteiger partial charge in [-0.15, -0.1) is 0 Å². The van der Waals surface area contributed by atoms with E-state index in [2.05, 4.69) is 17.0 Å². The molecule has 2 aliphatic rings. The molecule has 0 aromatic heterocycles. The number of benzene rings is 2. The summed E-state index contributed by atoms with van der Waals surface area (Å²) in [5, 5.41) is 11.2. The van der Waals surface area contributed by atoms with Gasteiger partial charge in [0.05, 0.1) is 19.8 Å². The van der Waals surface area contributed by atoms with Gasteiger partial charge in [-0.3, -0.25) is 9.69 Å². The molecule has 7 nitrogen and oxygen atoms in total. The first-order valence-corrected chi connectivity index (χ1v) is 12.2. The normalized spacial score (nSPS) is 21.5. The molecule has 2 saturated heterocycles. The molecule has 2 aromatic rings. The Kier molecular flexibility index (Phi) is 8.43. The van der Waals surface area contributed by atoms with Crippen LogP contribution in [0.1, 0.15) is 30.4 Å². The molecule has 1 N–H and O–H groups in total. The monoisotopic (exact) mass is 468 g/mol. The Morgan fingerprint density at radius 2 is 1.94 bits per heavy atom. The average Bonchev–Trinajstić information content (AvgIpc) is 3.14. The zero-order valence-electron chi connectivity index (χ0n) is 20.1. The molecule has 34 heavy (non-hydrogen) atoms. The number of β-amino-alcohol motifs (C(OH)–C–C–N with tert-alkyl or cyclic N) is 1. The minimum absolute atomic E-state index is 0.176. The average molecular weight is 469 g/mol. The van der Waals surface area contributed by atoms with Crippen molar-refractivity contribution in [3.8, 4) is 11.5 Å². The smallest absolute Gasteiger partial charge is 0.222 e. The van der Waals surface area contributed by atoms with Gasteiger partial charge in [0.1, 0.15) is 23.7 Å². The zero-order chi connectivity index (χ0) is 23.8. The lowest BCUT2D eigenvalue weighted by atomic mass is 10.1. The Balaban J connectivity index is 1.27. The number of aryl methyl sites for hydroxylation is 1.